The molecule has 0 aromatic carbocycles. The van der Waals surface area contributed by atoms with Crippen LogP contribution in [0.3, 0.4) is 0 Å². The van der Waals surface area contributed by atoms with Crippen LogP contribution in [-0.2, 0) is 0 Å². The van der Waals surface area contributed by atoms with Gasteiger partial charge in [-0.2, -0.15) is 5.26 Å². The van der Waals surface area contributed by atoms with Gasteiger partial charge in [0.05, 0.1) is 18.0 Å². The van der Waals surface area contributed by atoms with Crippen LogP contribution in [0.5, 0.6) is 0 Å². The first-order valence-electron chi connectivity index (χ1n) is 5.17. The lowest BCUT2D eigenvalue weighted by Gasteiger charge is -2.12. The Balaban J connectivity index is 2.17. The van der Waals surface area contributed by atoms with E-state index in [2.05, 4.69) is 10.3 Å². The minimum atomic E-state index is -0.0207. The Kier molecular flexibility index (Phi) is 2.97. The van der Waals surface area contributed by atoms with Crippen LogP contribution in [0.15, 0.2) is 34.9 Å². The minimum absolute atomic E-state index is 0.0207. The van der Waals surface area contributed by atoms with E-state index in [0.29, 0.717) is 11.5 Å². The molecule has 0 aliphatic carbocycles. The molecule has 0 spiro atoms. The van der Waals surface area contributed by atoms with Gasteiger partial charge < -0.3 is 15.5 Å². The number of hydrogen-bond donors (Lipinski definition) is 2. The molecular formula is C12H12N4O. The van der Waals surface area contributed by atoms with Crippen LogP contribution in [0.2, 0.25) is 0 Å². The lowest BCUT2D eigenvalue weighted by atomic mass is 10.2. The third-order valence-corrected chi connectivity index (χ3v) is 2.37. The number of anilines is 2. The van der Waals surface area contributed by atoms with Gasteiger partial charge in [0.2, 0.25) is 0 Å². The molecular weight excluding hydrogens is 216 g/mol. The predicted molar refractivity (Wildman–Crippen MR) is 64.1 cm³/mol. The standard InChI is InChI=1S/C12H12N4O/c1-8(11-3-2-6-17-11)15-12-5-4-9(14)10(7-13)16-12/h2-6,8H,14H2,1H3,(H,15,16). The van der Waals surface area contributed by atoms with E-state index < -0.39 is 0 Å². The number of rotatable bonds is 3. The lowest BCUT2D eigenvalue weighted by molar-refractivity contribution is 0.490. The van der Waals surface area contributed by atoms with E-state index >= 15 is 0 Å². The van der Waals surface area contributed by atoms with Crippen molar-refractivity contribution in [2.45, 2.75) is 13.0 Å². The summed E-state index contributed by atoms with van der Waals surface area (Å²) in [5, 5.41) is 12.0. The van der Waals surface area contributed by atoms with E-state index in [1.807, 2.05) is 25.1 Å². The van der Waals surface area contributed by atoms with Crippen molar-refractivity contribution in [2.75, 3.05) is 11.1 Å². The van der Waals surface area contributed by atoms with Gasteiger partial charge in [0.1, 0.15) is 17.6 Å². The van der Waals surface area contributed by atoms with Gasteiger partial charge in [0.15, 0.2) is 5.69 Å². The maximum absolute atomic E-state index is 8.82. The van der Waals surface area contributed by atoms with Crippen LogP contribution in [0.1, 0.15) is 24.4 Å². The highest BCUT2D eigenvalue weighted by atomic mass is 16.3. The summed E-state index contributed by atoms with van der Waals surface area (Å²) < 4.78 is 5.27. The van der Waals surface area contributed by atoms with Crippen molar-refractivity contribution in [1.29, 1.82) is 5.26 Å². The summed E-state index contributed by atoms with van der Waals surface area (Å²) >= 11 is 0. The fourth-order valence-electron chi connectivity index (χ4n) is 1.47. The van der Waals surface area contributed by atoms with Crippen LogP contribution < -0.4 is 11.1 Å². The maximum Gasteiger partial charge on any atom is 0.165 e. The maximum atomic E-state index is 8.82. The number of nitrogen functional groups attached to an aromatic ring is 1. The molecule has 0 aliphatic rings. The van der Waals surface area contributed by atoms with E-state index in [9.17, 15) is 0 Å². The van der Waals surface area contributed by atoms with Crippen molar-refractivity contribution in [3.8, 4) is 6.07 Å². The zero-order chi connectivity index (χ0) is 12.3. The van der Waals surface area contributed by atoms with Crippen molar-refractivity contribution in [3.05, 3.63) is 42.0 Å². The minimum Gasteiger partial charge on any atom is -0.467 e. The van der Waals surface area contributed by atoms with E-state index in [1.54, 1.807) is 18.4 Å². The van der Waals surface area contributed by atoms with Gasteiger partial charge in [-0.25, -0.2) is 4.98 Å². The molecule has 86 valence electrons. The fraction of sp³-hybridized carbons (Fsp3) is 0.167. The smallest absolute Gasteiger partial charge is 0.165 e. The molecule has 5 heteroatoms. The molecule has 3 N–H and O–H groups in total. The summed E-state index contributed by atoms with van der Waals surface area (Å²) in [6.45, 7) is 1.95. The molecule has 2 aromatic rings. The van der Waals surface area contributed by atoms with E-state index in [1.165, 1.54) is 0 Å². The number of hydrogen-bond acceptors (Lipinski definition) is 5. The molecule has 1 atom stereocenters. The molecule has 2 heterocycles. The van der Waals surface area contributed by atoms with Gasteiger partial charge in [0, 0.05) is 0 Å². The highest BCUT2D eigenvalue weighted by Gasteiger charge is 2.09. The average molecular weight is 228 g/mol. The third kappa shape index (κ3) is 2.37. The molecule has 2 aromatic heterocycles. The summed E-state index contributed by atoms with van der Waals surface area (Å²) in [6, 6.07) is 9.01. The number of nitriles is 1. The Hall–Kier alpha value is -2.48. The van der Waals surface area contributed by atoms with Crippen molar-refractivity contribution in [3.63, 3.8) is 0 Å². The van der Waals surface area contributed by atoms with E-state index in [0.717, 1.165) is 5.76 Å². The molecule has 0 radical (unpaired) electrons. The summed E-state index contributed by atoms with van der Waals surface area (Å²) in [5.41, 5.74) is 6.20. The largest absolute Gasteiger partial charge is 0.467 e. The summed E-state index contributed by atoms with van der Waals surface area (Å²) in [5.74, 6) is 1.40. The highest BCUT2D eigenvalue weighted by molar-refractivity contribution is 5.54. The highest BCUT2D eigenvalue weighted by Crippen LogP contribution is 2.19. The second-order valence-electron chi connectivity index (χ2n) is 3.63. The monoisotopic (exact) mass is 228 g/mol. The number of nitrogens with two attached hydrogens (primary N) is 1. The molecule has 0 aliphatic heterocycles. The van der Waals surface area contributed by atoms with Crippen LogP contribution in [-0.4, -0.2) is 4.98 Å². The number of aromatic nitrogens is 1. The van der Waals surface area contributed by atoms with Crippen LogP contribution in [0, 0.1) is 11.3 Å². The Morgan fingerprint density at radius 3 is 2.94 bits per heavy atom. The Bertz CT molecular complexity index is 542. The van der Waals surface area contributed by atoms with Crippen molar-refractivity contribution >= 4 is 11.5 Å². The number of nitrogens with one attached hydrogen (secondary N) is 1. The number of nitrogens with zero attached hydrogens (tertiary/aromatic N) is 2. The van der Waals surface area contributed by atoms with Gasteiger partial charge in [-0.05, 0) is 31.2 Å². The van der Waals surface area contributed by atoms with E-state index in [-0.39, 0.29) is 11.7 Å². The predicted octanol–water partition coefficient (Wildman–Crippen LogP) is 2.30. The zero-order valence-corrected chi connectivity index (χ0v) is 9.34. The van der Waals surface area contributed by atoms with Gasteiger partial charge in [-0.3, -0.25) is 0 Å². The SMILES string of the molecule is CC(Nc1ccc(N)c(C#N)n1)c1ccco1. The molecule has 0 bridgehead atoms. The number of pyridine rings is 1. The van der Waals surface area contributed by atoms with E-state index in [4.69, 9.17) is 15.4 Å². The summed E-state index contributed by atoms with van der Waals surface area (Å²) in [7, 11) is 0. The Morgan fingerprint density at radius 1 is 1.47 bits per heavy atom. The normalized spacial score (nSPS) is 11.8. The summed E-state index contributed by atoms with van der Waals surface area (Å²) in [4.78, 5) is 4.10. The first-order valence-corrected chi connectivity index (χ1v) is 5.17. The summed E-state index contributed by atoms with van der Waals surface area (Å²) in [6.07, 6.45) is 1.62. The molecule has 0 fully saturated rings. The molecule has 0 saturated carbocycles. The average Bonchev–Trinajstić information content (AvgIpc) is 2.85. The number of furan rings is 1. The molecule has 0 amide bonds. The fourth-order valence-corrected chi connectivity index (χ4v) is 1.47. The zero-order valence-electron chi connectivity index (χ0n) is 9.34. The molecule has 17 heavy (non-hydrogen) atoms. The van der Waals surface area contributed by atoms with Gasteiger partial charge in [-0.1, -0.05) is 0 Å². The first-order chi connectivity index (χ1) is 8.20. The quantitative estimate of drug-likeness (QED) is 0.841. The van der Waals surface area contributed by atoms with Crippen molar-refractivity contribution < 1.29 is 4.42 Å². The first kappa shape index (κ1) is 11.0. The van der Waals surface area contributed by atoms with Crippen LogP contribution in [0.4, 0.5) is 11.5 Å². The molecule has 2 rings (SSSR count). The second-order valence-corrected chi connectivity index (χ2v) is 3.63. The lowest BCUT2D eigenvalue weighted by Crippen LogP contribution is -2.08. The third-order valence-electron chi connectivity index (χ3n) is 2.37. The molecule has 5 nitrogen and oxygen atoms in total. The molecule has 0 saturated heterocycles. The van der Waals surface area contributed by atoms with Gasteiger partial charge in [-0.15, -0.1) is 0 Å². The van der Waals surface area contributed by atoms with Crippen molar-refractivity contribution in [1.82, 2.24) is 4.98 Å². The Morgan fingerprint density at radius 2 is 2.29 bits per heavy atom. The van der Waals surface area contributed by atoms with Crippen LogP contribution >= 0.6 is 0 Å². The molecule has 1 unspecified atom stereocenters. The van der Waals surface area contributed by atoms with Crippen LogP contribution in [0.25, 0.3) is 0 Å². The Labute approximate surface area is 98.9 Å². The van der Waals surface area contributed by atoms with Gasteiger partial charge in [0.25, 0.3) is 0 Å². The second kappa shape index (κ2) is 4.58. The van der Waals surface area contributed by atoms with Gasteiger partial charge >= 0.3 is 0 Å². The topological polar surface area (TPSA) is 87.9 Å². The van der Waals surface area contributed by atoms with Crippen molar-refractivity contribution in [2.24, 2.45) is 0 Å².